The molecule has 0 aliphatic carbocycles. The SMILES string of the molecule is CCCCC/C=C\C/C=C\C/C=C\C/C=C\CCCCCC(=O)NCCOP(=O)(O)OCC(O)COC(=O)CCCCCCCCCCCC/C=C\C/C=C\C/C=C\CCCCC. The summed E-state index contributed by atoms with van der Waals surface area (Å²) in [5, 5.41) is 12.7. The Hall–Kier alpha value is -2.81. The first-order chi connectivity index (χ1) is 30.8. The molecule has 0 aromatic heterocycles. The normalized spacial score (nSPS) is 13.9. The third-order valence-electron chi connectivity index (χ3n) is 10.3. The zero-order valence-electron chi connectivity index (χ0n) is 40.0. The summed E-state index contributed by atoms with van der Waals surface area (Å²) in [4.78, 5) is 34.0. The number of nitrogens with one attached hydrogen (secondary N) is 1. The van der Waals surface area contributed by atoms with Crippen LogP contribution in [0.5, 0.6) is 0 Å². The van der Waals surface area contributed by atoms with Gasteiger partial charge < -0.3 is 20.1 Å². The van der Waals surface area contributed by atoms with Gasteiger partial charge in [-0.25, -0.2) is 4.57 Å². The molecule has 0 radical (unpaired) electrons. The maximum absolute atomic E-state index is 12.1. The molecule has 0 aliphatic rings. The highest BCUT2D eigenvalue weighted by Gasteiger charge is 2.23. The van der Waals surface area contributed by atoms with Crippen LogP contribution >= 0.6 is 7.82 Å². The summed E-state index contributed by atoms with van der Waals surface area (Å²) in [6.07, 6.45) is 62.3. The zero-order chi connectivity index (χ0) is 46.0. The van der Waals surface area contributed by atoms with Crippen molar-refractivity contribution in [3.8, 4) is 0 Å². The molecule has 0 bridgehead atoms. The Labute approximate surface area is 385 Å². The number of esters is 1. The van der Waals surface area contributed by atoms with Gasteiger partial charge in [-0.3, -0.25) is 18.6 Å². The van der Waals surface area contributed by atoms with Crippen LogP contribution in [-0.2, 0) is 27.9 Å². The number of aliphatic hydroxyl groups excluding tert-OH is 1. The van der Waals surface area contributed by atoms with E-state index in [4.69, 9.17) is 13.8 Å². The summed E-state index contributed by atoms with van der Waals surface area (Å²) in [6, 6.07) is 0. The third-order valence-corrected chi connectivity index (χ3v) is 11.3. The fourth-order valence-corrected chi connectivity index (χ4v) is 7.24. The molecule has 1 amide bonds. The summed E-state index contributed by atoms with van der Waals surface area (Å²) >= 11 is 0. The van der Waals surface area contributed by atoms with Crippen LogP contribution in [-0.4, -0.2) is 54.3 Å². The number of unbranched alkanes of at least 4 members (excludes halogenated alkanes) is 19. The predicted octanol–water partition coefficient (Wildman–Crippen LogP) is 14.8. The number of hydrogen-bond donors (Lipinski definition) is 3. The molecule has 0 spiro atoms. The van der Waals surface area contributed by atoms with E-state index >= 15 is 0 Å². The number of phosphoric acid groups is 1. The van der Waals surface area contributed by atoms with Crippen molar-refractivity contribution in [2.24, 2.45) is 0 Å². The van der Waals surface area contributed by atoms with Crippen LogP contribution in [0.4, 0.5) is 0 Å². The highest BCUT2D eigenvalue weighted by Crippen LogP contribution is 2.42. The van der Waals surface area contributed by atoms with Crippen molar-refractivity contribution in [2.45, 2.75) is 213 Å². The lowest BCUT2D eigenvalue weighted by Gasteiger charge is -2.15. The lowest BCUT2D eigenvalue weighted by Crippen LogP contribution is -2.27. The smallest absolute Gasteiger partial charge is 0.463 e. The number of allylic oxidation sites excluding steroid dienone is 14. The Morgan fingerprint density at radius 3 is 1.30 bits per heavy atom. The average Bonchev–Trinajstić information content (AvgIpc) is 3.27. The lowest BCUT2D eigenvalue weighted by molar-refractivity contribution is -0.147. The Kier molecular flexibility index (Phi) is 46.5. The number of amides is 1. The first kappa shape index (κ1) is 60.2. The van der Waals surface area contributed by atoms with Crippen molar-refractivity contribution in [1.29, 1.82) is 0 Å². The van der Waals surface area contributed by atoms with E-state index in [1.54, 1.807) is 0 Å². The second kappa shape index (κ2) is 48.6. The Bertz CT molecular complexity index is 1300. The van der Waals surface area contributed by atoms with Crippen LogP contribution in [0.2, 0.25) is 0 Å². The number of phosphoric ester groups is 1. The van der Waals surface area contributed by atoms with Gasteiger partial charge in [0.1, 0.15) is 12.7 Å². The predicted molar refractivity (Wildman–Crippen MR) is 266 cm³/mol. The van der Waals surface area contributed by atoms with Crippen LogP contribution < -0.4 is 5.32 Å². The Balaban J connectivity index is 3.64. The van der Waals surface area contributed by atoms with Gasteiger partial charge in [-0.15, -0.1) is 0 Å². The second-order valence-electron chi connectivity index (χ2n) is 16.4. The largest absolute Gasteiger partial charge is 0.472 e. The molecule has 0 aromatic carbocycles. The van der Waals surface area contributed by atoms with E-state index in [1.165, 1.54) is 103 Å². The molecule has 2 unspecified atom stereocenters. The average molecular weight is 902 g/mol. The number of hydrogen-bond acceptors (Lipinski definition) is 7. The van der Waals surface area contributed by atoms with E-state index in [0.717, 1.165) is 77.0 Å². The third kappa shape index (κ3) is 50.1. The molecule has 0 fully saturated rings. The number of carbonyl (C=O) groups excluding carboxylic acids is 2. The fourth-order valence-electron chi connectivity index (χ4n) is 6.49. The van der Waals surface area contributed by atoms with E-state index < -0.39 is 26.5 Å². The summed E-state index contributed by atoms with van der Waals surface area (Å²) < 4.78 is 27.0. The molecule has 3 N–H and O–H groups in total. The minimum atomic E-state index is -4.44. The van der Waals surface area contributed by atoms with Crippen LogP contribution in [0.1, 0.15) is 206 Å². The molecule has 0 aromatic rings. The number of carbonyl (C=O) groups is 2. The minimum absolute atomic E-state index is 0.0598. The van der Waals surface area contributed by atoms with E-state index in [9.17, 15) is 24.2 Å². The summed E-state index contributed by atoms with van der Waals surface area (Å²) in [6.45, 7) is 3.46. The van der Waals surface area contributed by atoms with Gasteiger partial charge in [-0.2, -0.15) is 0 Å². The van der Waals surface area contributed by atoms with Gasteiger partial charge in [0.05, 0.1) is 13.2 Å². The Morgan fingerprint density at radius 2 is 0.857 bits per heavy atom. The van der Waals surface area contributed by atoms with Crippen molar-refractivity contribution >= 4 is 19.7 Å². The molecule has 0 saturated carbocycles. The van der Waals surface area contributed by atoms with Gasteiger partial charge in [0.25, 0.3) is 0 Å². The molecule has 0 aliphatic heterocycles. The molecule has 9 nitrogen and oxygen atoms in total. The summed E-state index contributed by atoms with van der Waals surface area (Å²) in [5.74, 6) is -0.555. The number of rotatable bonds is 46. The van der Waals surface area contributed by atoms with E-state index in [-0.39, 0.29) is 32.1 Å². The first-order valence-corrected chi connectivity index (χ1v) is 26.6. The van der Waals surface area contributed by atoms with Gasteiger partial charge in [0, 0.05) is 19.4 Å². The van der Waals surface area contributed by atoms with Crippen LogP contribution in [0, 0.1) is 0 Å². The molecule has 2 atom stereocenters. The van der Waals surface area contributed by atoms with Crippen LogP contribution in [0.3, 0.4) is 0 Å². The standard InChI is InChI=1S/C53H92NO8P/c1-3-5-7-9-11-13-15-17-19-21-23-24-25-26-28-30-32-34-36-38-40-42-44-46-53(57)60-49-51(55)50-62-63(58,59)61-48-47-54-52(56)45-43-41-39-37-35-33-31-29-27-22-20-18-16-14-12-10-8-6-4-2/h11-14,17-20,23-24,27,29,33,35,51,55H,3-10,15-16,21-22,25-26,28,30-32,34,36-50H2,1-2H3,(H,54,56)(H,58,59)/b13-11-,14-12-,19-17-,20-18-,24-23-,29-27-,35-33-. The first-order valence-electron chi connectivity index (χ1n) is 25.1. The highest BCUT2D eigenvalue weighted by molar-refractivity contribution is 7.47. The quantitative estimate of drug-likeness (QED) is 0.0238. The molecule has 0 heterocycles. The van der Waals surface area contributed by atoms with Crippen molar-refractivity contribution in [2.75, 3.05) is 26.4 Å². The molecular weight excluding hydrogens is 810 g/mol. The monoisotopic (exact) mass is 902 g/mol. The van der Waals surface area contributed by atoms with Crippen molar-refractivity contribution in [3.05, 3.63) is 85.1 Å². The molecule has 63 heavy (non-hydrogen) atoms. The van der Waals surface area contributed by atoms with E-state index in [1.807, 2.05) is 0 Å². The van der Waals surface area contributed by atoms with E-state index in [0.29, 0.717) is 6.42 Å². The Morgan fingerprint density at radius 1 is 0.492 bits per heavy atom. The van der Waals surface area contributed by atoms with Crippen molar-refractivity contribution in [1.82, 2.24) is 5.32 Å². The van der Waals surface area contributed by atoms with Gasteiger partial charge >= 0.3 is 13.8 Å². The van der Waals surface area contributed by atoms with E-state index in [2.05, 4.69) is 104 Å². The van der Waals surface area contributed by atoms with Gasteiger partial charge in [0.15, 0.2) is 0 Å². The molecule has 0 saturated heterocycles. The van der Waals surface area contributed by atoms with Crippen LogP contribution in [0.15, 0.2) is 85.1 Å². The minimum Gasteiger partial charge on any atom is -0.463 e. The topological polar surface area (TPSA) is 131 Å². The van der Waals surface area contributed by atoms with Crippen molar-refractivity contribution < 1.29 is 37.9 Å². The highest BCUT2D eigenvalue weighted by atomic mass is 31.2. The zero-order valence-corrected chi connectivity index (χ0v) is 40.9. The molecule has 362 valence electrons. The summed E-state index contributed by atoms with van der Waals surface area (Å²) in [5.41, 5.74) is 0. The fraction of sp³-hybridized carbons (Fsp3) is 0.698. The molecule has 10 heteroatoms. The summed E-state index contributed by atoms with van der Waals surface area (Å²) in [7, 11) is -4.44. The number of aliphatic hydroxyl groups is 1. The van der Waals surface area contributed by atoms with Crippen LogP contribution in [0.25, 0.3) is 0 Å². The molecule has 0 rings (SSSR count). The lowest BCUT2D eigenvalue weighted by atomic mass is 10.1. The van der Waals surface area contributed by atoms with Gasteiger partial charge in [-0.1, -0.05) is 182 Å². The maximum Gasteiger partial charge on any atom is 0.472 e. The van der Waals surface area contributed by atoms with Crippen molar-refractivity contribution in [3.63, 3.8) is 0 Å². The second-order valence-corrected chi connectivity index (χ2v) is 17.9. The maximum atomic E-state index is 12.1. The van der Waals surface area contributed by atoms with Gasteiger partial charge in [-0.05, 0) is 96.3 Å². The van der Waals surface area contributed by atoms with Gasteiger partial charge in [0.2, 0.25) is 5.91 Å². The number of ether oxygens (including phenoxy) is 1. The molecular formula is C53H92NO8P.